The number of fused-ring (bicyclic) bond motifs is 14. The summed E-state index contributed by atoms with van der Waals surface area (Å²) in [5.74, 6) is -6.19. The smallest absolute Gasteiger partial charge is 0.545 e. The molecule has 0 aliphatic carbocycles. The van der Waals surface area contributed by atoms with Crippen molar-refractivity contribution in [3.05, 3.63) is 146 Å². The Morgan fingerprint density at radius 1 is 0.328 bits per heavy atom. The van der Waals surface area contributed by atoms with Crippen LogP contribution in [0.5, 0.6) is 0 Å². The molecule has 4 radical (unpaired) electrons. The number of aromatic nitrogens is 8. The van der Waals surface area contributed by atoms with Gasteiger partial charge in [-0.2, -0.15) is 0 Å². The number of aliphatic carboxylic acids is 4. The molecule has 10 rings (SSSR count). The van der Waals surface area contributed by atoms with Gasteiger partial charge in [0.05, 0.1) is 90.1 Å². The van der Waals surface area contributed by atoms with E-state index in [1.807, 2.05) is 97.1 Å². The van der Waals surface area contributed by atoms with Crippen LogP contribution in [-0.4, -0.2) is 129 Å². The number of para-hydroxylation sites is 4. The van der Waals surface area contributed by atoms with E-state index in [0.29, 0.717) is 24.3 Å². The summed E-state index contributed by atoms with van der Waals surface area (Å²) in [7, 11) is 0. The minimum absolute atomic E-state index is 0. The number of carbonyl (C=O) groups excluding carboxylic acids is 4. The first-order chi connectivity index (χ1) is 29.1. The van der Waals surface area contributed by atoms with Crippen molar-refractivity contribution < 1.29 is 50.6 Å². The molecule has 0 spiro atoms. The van der Waals surface area contributed by atoms with Gasteiger partial charge < -0.3 is 50.6 Å². The van der Waals surface area contributed by atoms with Gasteiger partial charge in [-0.05, 0) is 97.1 Å². The van der Waals surface area contributed by atoms with Gasteiger partial charge in [-0.3, -0.25) is 19.9 Å². The molecule has 6 aromatic heterocycles. The van der Waals surface area contributed by atoms with Crippen molar-refractivity contribution in [3.63, 3.8) is 0 Å². The van der Waals surface area contributed by atoms with E-state index in [1.54, 1.807) is 24.8 Å². The third-order valence-corrected chi connectivity index (χ3v) is 8.55. The van der Waals surface area contributed by atoms with Gasteiger partial charge >= 0.3 is 54.6 Å². The first-order valence-corrected chi connectivity index (χ1v) is 17.6. The molecule has 0 atom stereocenters. The van der Waals surface area contributed by atoms with Crippen molar-refractivity contribution in [2.24, 2.45) is 0 Å². The normalized spacial score (nSPS) is 10.4. The van der Waals surface area contributed by atoms with Crippen LogP contribution in [0, 0.1) is 0 Å². The van der Waals surface area contributed by atoms with Crippen molar-refractivity contribution in [3.8, 4) is 0 Å². The summed E-state index contributed by atoms with van der Waals surface area (Å²) in [5, 5.41) is 41.6. The number of carboxylic acids is 4. The minimum Gasteiger partial charge on any atom is -0.545 e. The number of benzene rings is 4. The Kier molecular flexibility index (Phi) is 18.7. The summed E-state index contributed by atoms with van der Waals surface area (Å²) in [6.07, 6.45) is 8.69. The fourth-order valence-corrected chi connectivity index (χ4v) is 6.16. The van der Waals surface area contributed by atoms with Crippen LogP contribution in [0.15, 0.2) is 146 Å². The molecule has 0 aliphatic heterocycles. The number of rotatable bonds is 4. The van der Waals surface area contributed by atoms with Crippen LogP contribution in [0.1, 0.15) is 0 Å². The van der Waals surface area contributed by atoms with Crippen molar-refractivity contribution in [1.29, 1.82) is 0 Å². The minimum atomic E-state index is -1.55. The molecular weight excluding hydrogens is 1210 g/mol. The van der Waals surface area contributed by atoms with Crippen LogP contribution < -0.4 is 20.4 Å². The van der Waals surface area contributed by atoms with Crippen LogP contribution in [-0.2, 0) is 19.2 Å². The van der Waals surface area contributed by atoms with Gasteiger partial charge in [0.1, 0.15) is 0 Å². The van der Waals surface area contributed by atoms with Crippen LogP contribution in [0.4, 0.5) is 0 Å². The van der Waals surface area contributed by atoms with E-state index in [4.69, 9.17) is 19.9 Å². The maximum atomic E-state index is 9.41. The molecule has 0 bridgehead atoms. The summed E-state index contributed by atoms with van der Waals surface area (Å²) in [5.41, 5.74) is 10.6. The zero-order chi connectivity index (χ0) is 42.2. The summed E-state index contributed by atoms with van der Waals surface area (Å²) in [4.78, 5) is 75.0. The van der Waals surface area contributed by atoms with Gasteiger partial charge in [0.25, 0.3) is 0 Å². The largest absolute Gasteiger partial charge is 2.00 e. The molecule has 312 valence electrons. The van der Waals surface area contributed by atoms with E-state index < -0.39 is 23.9 Å². The molecule has 0 fully saturated rings. The molecule has 18 nitrogen and oxygen atoms in total. The summed E-state index contributed by atoms with van der Waals surface area (Å²) < 4.78 is 0. The number of hydrogen-bond donors (Lipinski definition) is 0. The van der Waals surface area contributed by atoms with E-state index in [9.17, 15) is 39.6 Å². The van der Waals surface area contributed by atoms with Crippen LogP contribution >= 0.6 is 0 Å². The van der Waals surface area contributed by atoms with Gasteiger partial charge in [0.2, 0.25) is 0 Å². The van der Waals surface area contributed by atoms with Crippen LogP contribution in [0.2, 0.25) is 0 Å². The first kappa shape index (κ1) is 51.2. The van der Waals surface area contributed by atoms with E-state index in [-0.39, 0.29) is 65.5 Å². The second-order valence-electron chi connectivity index (χ2n) is 12.4. The molecule has 20 heteroatoms. The van der Waals surface area contributed by atoms with Gasteiger partial charge in [0.15, 0.2) is 0 Å². The van der Waals surface area contributed by atoms with Crippen LogP contribution in [0.25, 0.3) is 87.7 Å². The summed E-state index contributed by atoms with van der Waals surface area (Å²) >= 11 is 0. The Morgan fingerprint density at radius 3 is 0.719 bits per heavy atom. The average molecular weight is 1240 g/mol. The Morgan fingerprint density at radius 2 is 0.531 bits per heavy atom. The Bertz CT molecular complexity index is 2950. The van der Waals surface area contributed by atoms with Crippen LogP contribution in [0.3, 0.4) is 0 Å². The van der Waals surface area contributed by atoms with Gasteiger partial charge in [-0.25, -0.2) is 19.9 Å². The zero-order valence-electron chi connectivity index (χ0n) is 32.7. The third-order valence-electron chi connectivity index (χ3n) is 8.55. The zero-order valence-corrected chi connectivity index (χ0v) is 40.5. The molecular formula is C44H28N8O10Pb2. The van der Waals surface area contributed by atoms with Crippen molar-refractivity contribution in [2.75, 3.05) is 0 Å². The molecule has 0 saturated heterocycles. The van der Waals surface area contributed by atoms with E-state index in [0.717, 1.165) is 87.7 Å². The molecule has 10 aromatic rings. The second kappa shape index (κ2) is 23.3. The molecule has 4 N–H and O–H groups in total. The van der Waals surface area contributed by atoms with E-state index >= 15 is 0 Å². The van der Waals surface area contributed by atoms with Crippen molar-refractivity contribution in [2.45, 2.75) is 0 Å². The molecule has 0 saturated carbocycles. The van der Waals surface area contributed by atoms with E-state index in [2.05, 4.69) is 19.9 Å². The van der Waals surface area contributed by atoms with Crippen molar-refractivity contribution >= 4 is 166 Å². The van der Waals surface area contributed by atoms with Gasteiger partial charge in [0, 0.05) is 46.3 Å². The number of carboxylic acid groups (broad SMARTS) is 4. The maximum absolute atomic E-state index is 9.41. The summed E-state index contributed by atoms with van der Waals surface area (Å²) in [6.45, 7) is 0. The predicted octanol–water partition coefficient (Wildman–Crippen LogP) is -0.567. The summed E-state index contributed by atoms with van der Waals surface area (Å²) in [6, 6.07) is 31.7. The second-order valence-corrected chi connectivity index (χ2v) is 12.4. The molecule has 4 aromatic carbocycles. The predicted molar refractivity (Wildman–Crippen MR) is 232 cm³/mol. The molecule has 0 aliphatic rings. The third kappa shape index (κ3) is 11.6. The Labute approximate surface area is 400 Å². The fraction of sp³-hybridized carbons (Fsp3) is 0. The SMILES string of the molecule is O.O.O=C([O-])/C=C/C(=O)[O-].O=C([O-])/C=C/C(=O)[O-].[Pb+2].[Pb+2].c1ccc2nc3c4cccnc4c4ncccc4c3nc2c1.c1ccc2nc3c4cccnc4c4ncccc4c3nc2c1. The molecule has 0 unspecified atom stereocenters. The Hall–Kier alpha value is -7.16. The van der Waals surface area contributed by atoms with Gasteiger partial charge in [-0.1, -0.05) is 24.3 Å². The monoisotopic (exact) mass is 1240 g/mol. The van der Waals surface area contributed by atoms with Crippen molar-refractivity contribution in [1.82, 2.24) is 39.9 Å². The topological polar surface area (TPSA) is 327 Å². The molecule has 6 heterocycles. The van der Waals surface area contributed by atoms with Gasteiger partial charge in [-0.15, -0.1) is 0 Å². The first-order valence-electron chi connectivity index (χ1n) is 17.6. The number of carbonyl (C=O) groups is 4. The maximum Gasteiger partial charge on any atom is 2.00 e. The number of pyridine rings is 4. The number of hydrogen-bond acceptors (Lipinski definition) is 16. The average Bonchev–Trinajstić information content (AvgIpc) is 3.27. The molecule has 0 amide bonds. The number of nitrogens with zero attached hydrogens (tertiary/aromatic N) is 8. The van der Waals surface area contributed by atoms with E-state index in [1.165, 1.54) is 0 Å². The standard InChI is InChI=1S/2C18H10N4.2C4H4O4.2H2O.2Pb/c2*1-2-8-14-13(7-1)21-17-11-5-3-9-19-15(11)16-12(18(17)22-14)6-4-10-20-16;2*5-3(6)1-2-4(7)8;;;;/h2*1-10H;2*1-2H,(H,5,6)(H,7,8);2*1H2;;/q;;;;;;2*+2/p-4/b;;2*2-1+;;;;. The Balaban J connectivity index is 0.000000246. The molecule has 64 heavy (non-hydrogen) atoms. The quantitative estimate of drug-likeness (QED) is 0.0922. The fourth-order valence-electron chi connectivity index (χ4n) is 6.16.